The van der Waals surface area contributed by atoms with Gasteiger partial charge >= 0.3 is 6.03 Å². The fraction of sp³-hybridized carbons (Fsp3) is 0.250. The fourth-order valence-corrected chi connectivity index (χ4v) is 2.70. The molecule has 0 spiro atoms. The van der Waals surface area contributed by atoms with Gasteiger partial charge in [-0.15, -0.1) is 0 Å². The van der Waals surface area contributed by atoms with Crippen molar-refractivity contribution in [1.29, 1.82) is 5.26 Å². The molecule has 0 aliphatic carbocycles. The molecule has 3 rings (SSSR count). The quantitative estimate of drug-likeness (QED) is 0.927. The van der Waals surface area contributed by atoms with E-state index in [9.17, 15) is 4.79 Å². The number of nitrogens with one attached hydrogen (secondary N) is 1. The number of hydrogen-bond donors (Lipinski definition) is 1. The molecule has 100 valence electrons. The standard InChI is InChI=1S/C16H15N3O/c17-9-4-10-19-11-15(18-16(19)20)14-8-3-6-12-5-1-2-7-13(12)14/h1-3,5-8,15H,4,10-11H2,(H,18,20). The van der Waals surface area contributed by atoms with Crippen LogP contribution in [-0.4, -0.2) is 24.0 Å². The summed E-state index contributed by atoms with van der Waals surface area (Å²) in [4.78, 5) is 13.6. The summed E-state index contributed by atoms with van der Waals surface area (Å²) < 4.78 is 0. The van der Waals surface area contributed by atoms with Gasteiger partial charge in [-0.2, -0.15) is 5.26 Å². The van der Waals surface area contributed by atoms with Crippen LogP contribution in [0.2, 0.25) is 0 Å². The highest BCUT2D eigenvalue weighted by Gasteiger charge is 2.29. The molecule has 0 aromatic heterocycles. The first kappa shape index (κ1) is 12.5. The van der Waals surface area contributed by atoms with E-state index in [1.165, 1.54) is 10.8 Å². The molecule has 2 amide bonds. The highest BCUT2D eigenvalue weighted by molar-refractivity contribution is 5.87. The van der Waals surface area contributed by atoms with E-state index in [1.807, 2.05) is 18.2 Å². The number of fused-ring (bicyclic) bond motifs is 1. The second-order valence-electron chi connectivity index (χ2n) is 4.92. The lowest BCUT2D eigenvalue weighted by atomic mass is 9.99. The normalized spacial score (nSPS) is 18.1. The van der Waals surface area contributed by atoms with Crippen LogP contribution in [0.3, 0.4) is 0 Å². The van der Waals surface area contributed by atoms with Gasteiger partial charge in [-0.25, -0.2) is 4.79 Å². The second-order valence-corrected chi connectivity index (χ2v) is 4.92. The SMILES string of the molecule is N#CCCN1CC(c2cccc3ccccc23)NC1=O. The smallest absolute Gasteiger partial charge is 0.318 e. The van der Waals surface area contributed by atoms with Gasteiger partial charge in [-0.3, -0.25) is 0 Å². The van der Waals surface area contributed by atoms with Crippen LogP contribution in [0.1, 0.15) is 18.0 Å². The van der Waals surface area contributed by atoms with Gasteiger partial charge in [-0.1, -0.05) is 42.5 Å². The van der Waals surface area contributed by atoms with Crippen molar-refractivity contribution in [3.05, 3.63) is 48.0 Å². The van der Waals surface area contributed by atoms with E-state index in [-0.39, 0.29) is 12.1 Å². The summed E-state index contributed by atoms with van der Waals surface area (Å²) in [7, 11) is 0. The number of amides is 2. The lowest BCUT2D eigenvalue weighted by Gasteiger charge is -2.14. The molecular weight excluding hydrogens is 250 g/mol. The lowest BCUT2D eigenvalue weighted by Crippen LogP contribution is -2.28. The van der Waals surface area contributed by atoms with Crippen LogP contribution in [0.5, 0.6) is 0 Å². The van der Waals surface area contributed by atoms with Crippen LogP contribution in [0.15, 0.2) is 42.5 Å². The van der Waals surface area contributed by atoms with Gasteiger partial charge in [0.05, 0.1) is 18.5 Å². The summed E-state index contributed by atoms with van der Waals surface area (Å²) in [5.74, 6) is 0. The number of urea groups is 1. The molecule has 4 nitrogen and oxygen atoms in total. The predicted molar refractivity (Wildman–Crippen MR) is 77.0 cm³/mol. The number of nitrogens with zero attached hydrogens (tertiary/aromatic N) is 2. The summed E-state index contributed by atoms with van der Waals surface area (Å²) in [5, 5.41) is 14.0. The number of rotatable bonds is 3. The van der Waals surface area contributed by atoms with Gasteiger partial charge in [0.2, 0.25) is 0 Å². The molecule has 0 bridgehead atoms. The maximum absolute atomic E-state index is 11.9. The van der Waals surface area contributed by atoms with E-state index in [0.29, 0.717) is 19.5 Å². The third-order valence-corrected chi connectivity index (χ3v) is 3.68. The molecular formula is C16H15N3O. The first-order valence-corrected chi connectivity index (χ1v) is 6.69. The molecule has 1 aliphatic heterocycles. The Bertz CT molecular complexity index is 684. The predicted octanol–water partition coefficient (Wildman–Crippen LogP) is 2.82. The number of nitriles is 1. The van der Waals surface area contributed by atoms with Crippen molar-refractivity contribution < 1.29 is 4.79 Å². The minimum absolute atomic E-state index is 0.00714. The zero-order chi connectivity index (χ0) is 13.9. The van der Waals surface area contributed by atoms with Crippen molar-refractivity contribution in [2.45, 2.75) is 12.5 Å². The highest BCUT2D eigenvalue weighted by Crippen LogP contribution is 2.27. The molecule has 1 N–H and O–H groups in total. The second kappa shape index (κ2) is 5.22. The van der Waals surface area contributed by atoms with Crippen molar-refractivity contribution in [2.75, 3.05) is 13.1 Å². The van der Waals surface area contributed by atoms with Gasteiger partial charge < -0.3 is 10.2 Å². The molecule has 2 aromatic carbocycles. The van der Waals surface area contributed by atoms with E-state index < -0.39 is 0 Å². The van der Waals surface area contributed by atoms with Crippen LogP contribution in [-0.2, 0) is 0 Å². The number of carbonyl (C=O) groups is 1. The molecule has 4 heteroatoms. The van der Waals surface area contributed by atoms with E-state index in [2.05, 4.69) is 35.7 Å². The maximum Gasteiger partial charge on any atom is 0.318 e. The zero-order valence-electron chi connectivity index (χ0n) is 11.0. The molecule has 0 saturated carbocycles. The largest absolute Gasteiger partial charge is 0.329 e. The Kier molecular flexibility index (Phi) is 3.26. The van der Waals surface area contributed by atoms with E-state index in [0.717, 1.165) is 5.56 Å². The maximum atomic E-state index is 11.9. The highest BCUT2D eigenvalue weighted by atomic mass is 16.2. The third kappa shape index (κ3) is 2.19. The van der Waals surface area contributed by atoms with Crippen LogP contribution >= 0.6 is 0 Å². The number of benzene rings is 2. The van der Waals surface area contributed by atoms with E-state index >= 15 is 0 Å². The summed E-state index contributed by atoms with van der Waals surface area (Å²) in [6.45, 7) is 1.11. The van der Waals surface area contributed by atoms with Crippen LogP contribution < -0.4 is 5.32 Å². The fourth-order valence-electron chi connectivity index (χ4n) is 2.70. The Morgan fingerprint density at radius 2 is 2.05 bits per heavy atom. The van der Waals surface area contributed by atoms with E-state index in [4.69, 9.17) is 5.26 Å². The van der Waals surface area contributed by atoms with Crippen LogP contribution in [0, 0.1) is 11.3 Å². The van der Waals surface area contributed by atoms with Crippen LogP contribution in [0.4, 0.5) is 4.79 Å². The summed E-state index contributed by atoms with van der Waals surface area (Å²) >= 11 is 0. The molecule has 1 aliphatic rings. The molecule has 0 radical (unpaired) electrons. The van der Waals surface area contributed by atoms with Gasteiger partial charge in [0, 0.05) is 13.1 Å². The van der Waals surface area contributed by atoms with Crippen molar-refractivity contribution in [1.82, 2.24) is 10.2 Å². The van der Waals surface area contributed by atoms with Crippen molar-refractivity contribution in [2.24, 2.45) is 0 Å². The summed E-state index contributed by atoms with van der Waals surface area (Å²) in [6, 6.07) is 16.3. The van der Waals surface area contributed by atoms with Gasteiger partial charge in [0.25, 0.3) is 0 Å². The monoisotopic (exact) mass is 265 g/mol. The average Bonchev–Trinajstić information content (AvgIpc) is 2.85. The third-order valence-electron chi connectivity index (χ3n) is 3.68. The minimum Gasteiger partial charge on any atom is -0.329 e. The first-order valence-electron chi connectivity index (χ1n) is 6.69. The Balaban J connectivity index is 1.90. The Morgan fingerprint density at radius 3 is 2.90 bits per heavy atom. The molecule has 1 saturated heterocycles. The van der Waals surface area contributed by atoms with Crippen LogP contribution in [0.25, 0.3) is 10.8 Å². The molecule has 20 heavy (non-hydrogen) atoms. The summed E-state index contributed by atoms with van der Waals surface area (Å²) in [6.07, 6.45) is 0.371. The number of hydrogen-bond acceptors (Lipinski definition) is 2. The lowest BCUT2D eigenvalue weighted by molar-refractivity contribution is 0.218. The van der Waals surface area contributed by atoms with Crippen molar-refractivity contribution in [3.8, 4) is 6.07 Å². The number of carbonyl (C=O) groups excluding carboxylic acids is 1. The Hall–Kier alpha value is -2.54. The molecule has 1 fully saturated rings. The van der Waals surface area contributed by atoms with Gasteiger partial charge in [-0.05, 0) is 16.3 Å². The van der Waals surface area contributed by atoms with Crippen molar-refractivity contribution in [3.63, 3.8) is 0 Å². The average molecular weight is 265 g/mol. The zero-order valence-corrected chi connectivity index (χ0v) is 11.0. The molecule has 1 unspecified atom stereocenters. The van der Waals surface area contributed by atoms with Crippen molar-refractivity contribution >= 4 is 16.8 Å². The first-order chi connectivity index (χ1) is 9.79. The van der Waals surface area contributed by atoms with E-state index in [1.54, 1.807) is 4.90 Å². The Labute approximate surface area is 117 Å². The topological polar surface area (TPSA) is 56.1 Å². The minimum atomic E-state index is -0.0850. The van der Waals surface area contributed by atoms with Gasteiger partial charge in [0.15, 0.2) is 0 Å². The molecule has 1 heterocycles. The van der Waals surface area contributed by atoms with Gasteiger partial charge in [0.1, 0.15) is 0 Å². The molecule has 2 aromatic rings. The summed E-state index contributed by atoms with van der Waals surface area (Å²) in [5.41, 5.74) is 1.14. The Morgan fingerprint density at radius 1 is 1.25 bits per heavy atom. The molecule has 1 atom stereocenters.